The number of rotatable bonds is 0. The molecule has 1 N–H and O–H groups in total. The number of allylic oxidation sites excluding steroid dienone is 1. The van der Waals surface area contributed by atoms with Crippen LogP contribution in [0.15, 0.2) is 30.4 Å². The molecule has 2 atom stereocenters. The molecule has 2 aliphatic carbocycles. The SMILES string of the molecule is C=C1CCC2(C)CCc3cc(O)ccc3C2C1. The molecule has 0 amide bonds. The summed E-state index contributed by atoms with van der Waals surface area (Å²) in [4.78, 5) is 0. The summed E-state index contributed by atoms with van der Waals surface area (Å²) < 4.78 is 0. The fourth-order valence-corrected chi connectivity index (χ4v) is 3.63. The summed E-state index contributed by atoms with van der Waals surface area (Å²) >= 11 is 0. The quantitative estimate of drug-likeness (QED) is 0.661. The molecule has 90 valence electrons. The Labute approximate surface area is 103 Å². The Kier molecular flexibility index (Phi) is 2.32. The second kappa shape index (κ2) is 3.63. The molecule has 1 nitrogen and oxygen atoms in total. The van der Waals surface area contributed by atoms with Crippen molar-refractivity contribution in [2.24, 2.45) is 5.41 Å². The molecule has 0 spiro atoms. The molecule has 0 heterocycles. The van der Waals surface area contributed by atoms with Crippen molar-refractivity contribution in [1.82, 2.24) is 0 Å². The van der Waals surface area contributed by atoms with Crippen LogP contribution in [-0.4, -0.2) is 5.11 Å². The number of aromatic hydroxyl groups is 1. The van der Waals surface area contributed by atoms with Crippen LogP contribution in [0.1, 0.15) is 49.7 Å². The van der Waals surface area contributed by atoms with Gasteiger partial charge in [0.1, 0.15) is 5.75 Å². The molecule has 3 rings (SSSR count). The van der Waals surface area contributed by atoms with Crippen LogP contribution in [0.25, 0.3) is 0 Å². The van der Waals surface area contributed by atoms with Crippen LogP contribution in [0.5, 0.6) is 5.75 Å². The highest BCUT2D eigenvalue weighted by molar-refractivity contribution is 5.41. The average Bonchev–Trinajstić information content (AvgIpc) is 2.30. The maximum atomic E-state index is 9.58. The zero-order valence-electron chi connectivity index (χ0n) is 10.5. The van der Waals surface area contributed by atoms with Gasteiger partial charge in [0.2, 0.25) is 0 Å². The Balaban J connectivity index is 2.06. The Bertz CT molecular complexity index is 474. The van der Waals surface area contributed by atoms with E-state index in [-0.39, 0.29) is 0 Å². The first kappa shape index (κ1) is 10.9. The Morgan fingerprint density at radius 1 is 1.29 bits per heavy atom. The Hall–Kier alpha value is -1.24. The molecule has 2 aliphatic rings. The first-order valence-corrected chi connectivity index (χ1v) is 6.57. The number of benzene rings is 1. The third kappa shape index (κ3) is 1.69. The number of hydrogen-bond donors (Lipinski definition) is 1. The van der Waals surface area contributed by atoms with Crippen LogP contribution in [0.2, 0.25) is 0 Å². The van der Waals surface area contributed by atoms with E-state index < -0.39 is 0 Å². The maximum absolute atomic E-state index is 9.58. The molecule has 1 fully saturated rings. The maximum Gasteiger partial charge on any atom is 0.115 e. The normalized spacial score (nSPS) is 31.8. The lowest BCUT2D eigenvalue weighted by Gasteiger charge is -2.46. The first-order valence-electron chi connectivity index (χ1n) is 6.57. The lowest BCUT2D eigenvalue weighted by molar-refractivity contribution is 0.172. The van der Waals surface area contributed by atoms with Gasteiger partial charge >= 0.3 is 0 Å². The monoisotopic (exact) mass is 228 g/mol. The zero-order chi connectivity index (χ0) is 12.0. The minimum absolute atomic E-state index is 0.405. The second-order valence-electron chi connectivity index (χ2n) is 6.04. The fourth-order valence-electron chi connectivity index (χ4n) is 3.63. The predicted octanol–water partition coefficient (Wildman–Crippen LogP) is 4.17. The zero-order valence-corrected chi connectivity index (χ0v) is 10.5. The van der Waals surface area contributed by atoms with Crippen LogP contribution < -0.4 is 0 Å². The van der Waals surface area contributed by atoms with Gasteiger partial charge in [0.05, 0.1) is 0 Å². The third-order valence-corrected chi connectivity index (χ3v) is 4.85. The summed E-state index contributed by atoms with van der Waals surface area (Å²) in [6, 6.07) is 5.92. The van der Waals surface area contributed by atoms with Crippen molar-refractivity contribution in [2.45, 2.75) is 44.9 Å². The summed E-state index contributed by atoms with van der Waals surface area (Å²) in [6.07, 6.45) is 5.97. The molecular weight excluding hydrogens is 208 g/mol. The van der Waals surface area contributed by atoms with E-state index >= 15 is 0 Å². The van der Waals surface area contributed by atoms with Gasteiger partial charge in [-0.25, -0.2) is 0 Å². The van der Waals surface area contributed by atoms with Gasteiger partial charge in [-0.15, -0.1) is 0 Å². The lowest BCUT2D eigenvalue weighted by atomic mass is 9.58. The van der Waals surface area contributed by atoms with Gasteiger partial charge in [-0.05, 0) is 66.7 Å². The summed E-state index contributed by atoms with van der Waals surface area (Å²) in [5.41, 5.74) is 4.65. The van der Waals surface area contributed by atoms with Crippen molar-refractivity contribution < 1.29 is 5.11 Å². The van der Waals surface area contributed by atoms with Crippen molar-refractivity contribution in [3.05, 3.63) is 41.5 Å². The van der Waals surface area contributed by atoms with E-state index in [0.717, 1.165) is 12.8 Å². The standard InChI is InChI=1S/C16H20O/c1-11-5-7-16(2)8-6-12-10-13(17)3-4-14(12)15(16)9-11/h3-4,10,15,17H,1,5-9H2,2H3. The van der Waals surface area contributed by atoms with Gasteiger partial charge in [0.25, 0.3) is 0 Å². The first-order chi connectivity index (χ1) is 8.08. The number of hydrogen-bond acceptors (Lipinski definition) is 1. The predicted molar refractivity (Wildman–Crippen MR) is 70.3 cm³/mol. The van der Waals surface area contributed by atoms with Gasteiger partial charge in [0.15, 0.2) is 0 Å². The van der Waals surface area contributed by atoms with Gasteiger partial charge in [0, 0.05) is 0 Å². The smallest absolute Gasteiger partial charge is 0.115 e. The third-order valence-electron chi connectivity index (χ3n) is 4.85. The van der Waals surface area contributed by atoms with E-state index in [1.54, 1.807) is 0 Å². The minimum atomic E-state index is 0.405. The van der Waals surface area contributed by atoms with Gasteiger partial charge in [-0.3, -0.25) is 0 Å². The molecule has 1 aromatic carbocycles. The van der Waals surface area contributed by atoms with E-state index in [9.17, 15) is 5.11 Å². The molecule has 17 heavy (non-hydrogen) atoms. The summed E-state index contributed by atoms with van der Waals surface area (Å²) in [5.74, 6) is 1.02. The summed E-state index contributed by atoms with van der Waals surface area (Å²) in [5, 5.41) is 9.58. The molecule has 0 radical (unpaired) electrons. The van der Waals surface area contributed by atoms with Crippen molar-refractivity contribution in [3.63, 3.8) is 0 Å². The molecule has 2 unspecified atom stereocenters. The highest BCUT2D eigenvalue weighted by Gasteiger charge is 2.41. The molecule has 1 saturated carbocycles. The lowest BCUT2D eigenvalue weighted by Crippen LogP contribution is -2.34. The van der Waals surface area contributed by atoms with Crippen LogP contribution >= 0.6 is 0 Å². The molecular formula is C16H20O. The summed E-state index contributed by atoms with van der Waals surface area (Å²) in [7, 11) is 0. The van der Waals surface area contributed by atoms with Crippen molar-refractivity contribution in [2.75, 3.05) is 0 Å². The molecule has 1 aromatic rings. The van der Waals surface area contributed by atoms with Gasteiger partial charge in [-0.2, -0.15) is 0 Å². The van der Waals surface area contributed by atoms with Gasteiger partial charge in [-0.1, -0.05) is 25.1 Å². The molecule has 1 heteroatoms. The number of phenolic OH excluding ortho intramolecular Hbond substituents is 1. The molecule has 0 bridgehead atoms. The number of aryl methyl sites for hydroxylation is 1. The Morgan fingerprint density at radius 2 is 2.06 bits per heavy atom. The Morgan fingerprint density at radius 3 is 2.88 bits per heavy atom. The van der Waals surface area contributed by atoms with Gasteiger partial charge < -0.3 is 5.11 Å². The van der Waals surface area contributed by atoms with Crippen LogP contribution in [0.3, 0.4) is 0 Å². The molecule has 0 saturated heterocycles. The summed E-state index contributed by atoms with van der Waals surface area (Å²) in [6.45, 7) is 6.61. The van der Waals surface area contributed by atoms with E-state index in [4.69, 9.17) is 0 Å². The molecule has 0 aromatic heterocycles. The van der Waals surface area contributed by atoms with E-state index in [2.05, 4.69) is 19.6 Å². The second-order valence-corrected chi connectivity index (χ2v) is 6.04. The van der Waals surface area contributed by atoms with E-state index in [0.29, 0.717) is 17.1 Å². The van der Waals surface area contributed by atoms with E-state index in [1.165, 1.54) is 36.0 Å². The van der Waals surface area contributed by atoms with Crippen molar-refractivity contribution in [3.8, 4) is 5.75 Å². The highest BCUT2D eigenvalue weighted by Crippen LogP contribution is 2.54. The topological polar surface area (TPSA) is 20.2 Å². The average molecular weight is 228 g/mol. The van der Waals surface area contributed by atoms with Crippen LogP contribution in [-0.2, 0) is 6.42 Å². The number of phenols is 1. The minimum Gasteiger partial charge on any atom is -0.508 e. The van der Waals surface area contributed by atoms with E-state index in [1.807, 2.05) is 12.1 Å². The highest BCUT2D eigenvalue weighted by atomic mass is 16.3. The van der Waals surface area contributed by atoms with Crippen LogP contribution in [0.4, 0.5) is 0 Å². The van der Waals surface area contributed by atoms with Crippen molar-refractivity contribution >= 4 is 0 Å². The number of fused-ring (bicyclic) bond motifs is 3. The van der Waals surface area contributed by atoms with Crippen molar-refractivity contribution in [1.29, 1.82) is 0 Å². The van der Waals surface area contributed by atoms with Crippen LogP contribution in [0, 0.1) is 5.41 Å². The largest absolute Gasteiger partial charge is 0.508 e. The molecule has 0 aliphatic heterocycles. The fraction of sp³-hybridized carbons (Fsp3) is 0.500.